The summed E-state index contributed by atoms with van der Waals surface area (Å²) in [6.07, 6.45) is 2.51. The number of benzene rings is 1. The Morgan fingerprint density at radius 1 is 1.44 bits per heavy atom. The van der Waals surface area contributed by atoms with Crippen LogP contribution in [0.4, 0.5) is 0 Å². The Balaban J connectivity index is 2.58. The number of hydrogen-bond donors (Lipinski definition) is 1. The quantitative estimate of drug-likeness (QED) is 0.626. The number of rotatable bonds is 4. The van der Waals surface area contributed by atoms with Gasteiger partial charge in [0.15, 0.2) is 0 Å². The van der Waals surface area contributed by atoms with Gasteiger partial charge >= 0.3 is 5.97 Å². The van der Waals surface area contributed by atoms with Gasteiger partial charge in [0.2, 0.25) is 0 Å². The molecule has 0 amide bonds. The van der Waals surface area contributed by atoms with Gasteiger partial charge in [-0.1, -0.05) is 23.8 Å². The van der Waals surface area contributed by atoms with Gasteiger partial charge in [-0.05, 0) is 31.1 Å². The average molecular weight is 220 g/mol. The molecule has 0 aromatic heterocycles. The molecule has 0 bridgehead atoms. The number of carbonyl (C=O) groups excluding carboxylic acids is 1. The zero-order chi connectivity index (χ0) is 12.0. The SMILES string of the molecule is Cc1ccc(C)c(CC(=O)OCC=CO)c1. The van der Waals surface area contributed by atoms with Crippen molar-refractivity contribution < 1.29 is 14.6 Å². The first-order valence-corrected chi connectivity index (χ1v) is 5.14. The zero-order valence-electron chi connectivity index (χ0n) is 9.56. The number of esters is 1. The second-order valence-corrected chi connectivity index (χ2v) is 3.67. The van der Waals surface area contributed by atoms with Crippen LogP contribution in [0.15, 0.2) is 30.5 Å². The van der Waals surface area contributed by atoms with E-state index in [1.54, 1.807) is 0 Å². The van der Waals surface area contributed by atoms with Crippen LogP contribution in [-0.4, -0.2) is 17.7 Å². The number of hydrogen-bond acceptors (Lipinski definition) is 3. The van der Waals surface area contributed by atoms with Crippen LogP contribution in [0.25, 0.3) is 0 Å². The van der Waals surface area contributed by atoms with Crippen molar-refractivity contribution in [2.24, 2.45) is 0 Å². The van der Waals surface area contributed by atoms with Crippen LogP contribution in [-0.2, 0) is 16.0 Å². The predicted octanol–water partition coefficient (Wildman–Crippen LogP) is 2.46. The van der Waals surface area contributed by atoms with E-state index in [-0.39, 0.29) is 19.0 Å². The fourth-order valence-electron chi connectivity index (χ4n) is 1.38. The lowest BCUT2D eigenvalue weighted by molar-refractivity contribution is -0.141. The van der Waals surface area contributed by atoms with Crippen LogP contribution in [0.5, 0.6) is 0 Å². The number of aliphatic hydroxyl groups excluding tert-OH is 1. The smallest absolute Gasteiger partial charge is 0.310 e. The minimum atomic E-state index is -0.285. The summed E-state index contributed by atoms with van der Waals surface area (Å²) in [6.45, 7) is 4.07. The van der Waals surface area contributed by atoms with Gasteiger partial charge in [0.05, 0.1) is 12.7 Å². The average Bonchev–Trinajstić information content (AvgIpc) is 2.24. The molecule has 0 heterocycles. The third-order valence-corrected chi connectivity index (χ3v) is 2.29. The maximum atomic E-state index is 11.4. The molecule has 0 unspecified atom stereocenters. The minimum Gasteiger partial charge on any atom is -0.516 e. The molecule has 1 aromatic carbocycles. The molecule has 0 saturated heterocycles. The highest BCUT2D eigenvalue weighted by Gasteiger charge is 2.06. The molecule has 0 radical (unpaired) electrons. The molecule has 0 fully saturated rings. The van der Waals surface area contributed by atoms with Crippen molar-refractivity contribution in [1.82, 2.24) is 0 Å². The molecule has 0 atom stereocenters. The summed E-state index contributed by atoms with van der Waals surface area (Å²) < 4.78 is 4.90. The van der Waals surface area contributed by atoms with Gasteiger partial charge in [-0.15, -0.1) is 0 Å². The van der Waals surface area contributed by atoms with E-state index in [1.165, 1.54) is 6.08 Å². The lowest BCUT2D eigenvalue weighted by Gasteiger charge is -2.06. The largest absolute Gasteiger partial charge is 0.516 e. The fraction of sp³-hybridized carbons (Fsp3) is 0.308. The summed E-state index contributed by atoms with van der Waals surface area (Å²) in [5, 5.41) is 8.38. The number of aryl methyl sites for hydroxylation is 2. The fourth-order valence-corrected chi connectivity index (χ4v) is 1.38. The minimum absolute atomic E-state index is 0.111. The summed E-state index contributed by atoms with van der Waals surface area (Å²) in [4.78, 5) is 11.4. The Hall–Kier alpha value is -1.77. The van der Waals surface area contributed by atoms with Crippen LogP contribution in [0.1, 0.15) is 16.7 Å². The van der Waals surface area contributed by atoms with Gasteiger partial charge in [0, 0.05) is 0 Å². The molecule has 86 valence electrons. The van der Waals surface area contributed by atoms with Crippen molar-refractivity contribution in [1.29, 1.82) is 0 Å². The van der Waals surface area contributed by atoms with Gasteiger partial charge in [-0.3, -0.25) is 4.79 Å². The van der Waals surface area contributed by atoms with Crippen LogP contribution in [0.2, 0.25) is 0 Å². The van der Waals surface area contributed by atoms with E-state index in [0.29, 0.717) is 0 Å². The first kappa shape index (κ1) is 12.3. The maximum Gasteiger partial charge on any atom is 0.310 e. The Kier molecular flexibility index (Phi) is 4.58. The molecule has 0 aliphatic rings. The first-order valence-electron chi connectivity index (χ1n) is 5.14. The predicted molar refractivity (Wildman–Crippen MR) is 62.3 cm³/mol. The van der Waals surface area contributed by atoms with E-state index in [1.807, 2.05) is 32.0 Å². The van der Waals surface area contributed by atoms with Crippen molar-refractivity contribution in [3.8, 4) is 0 Å². The van der Waals surface area contributed by atoms with Crippen molar-refractivity contribution >= 4 is 5.97 Å². The van der Waals surface area contributed by atoms with Crippen molar-refractivity contribution in [2.45, 2.75) is 20.3 Å². The topological polar surface area (TPSA) is 46.5 Å². The van der Waals surface area contributed by atoms with E-state index in [2.05, 4.69) is 0 Å². The zero-order valence-corrected chi connectivity index (χ0v) is 9.56. The van der Waals surface area contributed by atoms with Gasteiger partial charge < -0.3 is 9.84 Å². The van der Waals surface area contributed by atoms with E-state index in [4.69, 9.17) is 9.84 Å². The highest BCUT2D eigenvalue weighted by atomic mass is 16.5. The third-order valence-electron chi connectivity index (χ3n) is 2.29. The standard InChI is InChI=1S/C13H16O3/c1-10-4-5-11(2)12(8-10)9-13(15)16-7-3-6-14/h3-6,8,14H,7,9H2,1-2H3. The van der Waals surface area contributed by atoms with Crippen molar-refractivity contribution in [3.63, 3.8) is 0 Å². The summed E-state index contributed by atoms with van der Waals surface area (Å²) in [7, 11) is 0. The van der Waals surface area contributed by atoms with E-state index >= 15 is 0 Å². The molecule has 1 N–H and O–H groups in total. The lowest BCUT2D eigenvalue weighted by Crippen LogP contribution is -2.09. The van der Waals surface area contributed by atoms with Gasteiger partial charge in [0.1, 0.15) is 6.61 Å². The molecule has 1 rings (SSSR count). The maximum absolute atomic E-state index is 11.4. The normalized spacial score (nSPS) is 10.6. The highest BCUT2D eigenvalue weighted by Crippen LogP contribution is 2.11. The van der Waals surface area contributed by atoms with Gasteiger partial charge in [0.25, 0.3) is 0 Å². The second kappa shape index (κ2) is 5.95. The number of carbonyl (C=O) groups is 1. The summed E-state index contributed by atoms with van der Waals surface area (Å²) in [5.74, 6) is -0.285. The molecule has 0 spiro atoms. The van der Waals surface area contributed by atoms with Crippen LogP contribution in [0, 0.1) is 13.8 Å². The van der Waals surface area contributed by atoms with E-state index in [0.717, 1.165) is 23.0 Å². The Labute approximate surface area is 95.4 Å². The molecule has 3 heteroatoms. The second-order valence-electron chi connectivity index (χ2n) is 3.67. The summed E-state index contributed by atoms with van der Waals surface area (Å²) in [5.41, 5.74) is 3.20. The van der Waals surface area contributed by atoms with Crippen molar-refractivity contribution in [2.75, 3.05) is 6.61 Å². The van der Waals surface area contributed by atoms with Gasteiger partial charge in [-0.25, -0.2) is 0 Å². The highest BCUT2D eigenvalue weighted by molar-refractivity contribution is 5.73. The third kappa shape index (κ3) is 3.77. The van der Waals surface area contributed by atoms with Crippen LogP contribution in [0.3, 0.4) is 0 Å². The molecular weight excluding hydrogens is 204 g/mol. The molecular formula is C13H16O3. The number of aliphatic hydroxyl groups is 1. The Morgan fingerprint density at radius 3 is 2.88 bits per heavy atom. The van der Waals surface area contributed by atoms with Gasteiger partial charge in [-0.2, -0.15) is 0 Å². The molecule has 0 saturated carbocycles. The molecule has 0 aliphatic heterocycles. The summed E-state index contributed by atoms with van der Waals surface area (Å²) >= 11 is 0. The Morgan fingerprint density at radius 2 is 2.19 bits per heavy atom. The van der Waals surface area contributed by atoms with Crippen LogP contribution < -0.4 is 0 Å². The lowest BCUT2D eigenvalue weighted by atomic mass is 10.0. The monoisotopic (exact) mass is 220 g/mol. The van der Waals surface area contributed by atoms with E-state index in [9.17, 15) is 4.79 Å². The Bertz CT molecular complexity index is 394. The molecule has 1 aromatic rings. The number of ether oxygens (including phenoxy) is 1. The summed E-state index contributed by atoms with van der Waals surface area (Å²) in [6, 6.07) is 5.99. The first-order chi connectivity index (χ1) is 7.63. The molecule has 16 heavy (non-hydrogen) atoms. The molecule has 0 aliphatic carbocycles. The molecule has 3 nitrogen and oxygen atoms in total. The van der Waals surface area contributed by atoms with E-state index < -0.39 is 0 Å². The van der Waals surface area contributed by atoms with Crippen LogP contribution >= 0.6 is 0 Å². The van der Waals surface area contributed by atoms with Crippen molar-refractivity contribution in [3.05, 3.63) is 47.2 Å².